The fourth-order valence-corrected chi connectivity index (χ4v) is 22.4. The molecule has 38 heteroatoms. The highest BCUT2D eigenvalue weighted by Crippen LogP contribution is 2.73. The molecule has 12 aliphatic rings. The third-order valence-electron chi connectivity index (χ3n) is 26.6. The van der Waals surface area contributed by atoms with Gasteiger partial charge in [0.05, 0.1) is 78.7 Å². The van der Waals surface area contributed by atoms with Crippen molar-refractivity contribution in [3.05, 3.63) is 48.1 Å². The zero-order valence-electron chi connectivity index (χ0n) is 71.7. The molecule has 676 valence electrons. The first-order chi connectivity index (χ1) is 58.1. The molecule has 8 saturated carbocycles. The van der Waals surface area contributed by atoms with Gasteiger partial charge < -0.3 is 71.1 Å². The zero-order chi connectivity index (χ0) is 92.8. The normalized spacial score (nSPS) is 32.4. The van der Waals surface area contributed by atoms with Gasteiger partial charge in [0.2, 0.25) is 0 Å². The Kier molecular flexibility index (Phi) is 37.0. The SMILES string of the molecule is C/C=C/C(=O)OCCOC(=O)C1(C(C)C)C2CC3C(OC(=O)C31)C2C.C=C(C)C(=O)OCCOC(=O)C1(C(C)C)C2CC3C(OC(=O)C31)C2C.COC(=O)/C=C(\CC(=O)OC)C(=O)OCCOC(=O)C1(C(C)C)C2CC3C(OC(=O)C31)C2C.COC(=O)/C=C/C(=O)OCCOC(=O)C1(C(C)C)C2CC3C(OC(=O)C31)C2C.O=C=O.O=C=O.O=C=O.O=C=O. The van der Waals surface area contributed by atoms with Crippen molar-refractivity contribution in [2.24, 2.45) is 140 Å². The summed E-state index contributed by atoms with van der Waals surface area (Å²) in [5, 5.41) is 0. The smallest absolute Gasteiger partial charge is 0.373 e. The van der Waals surface area contributed by atoms with E-state index >= 15 is 0 Å². The Morgan fingerprint density at radius 2 is 0.626 bits per heavy atom. The van der Waals surface area contributed by atoms with Crippen LogP contribution in [0.1, 0.15) is 129 Å². The van der Waals surface area contributed by atoms with Crippen LogP contribution in [0.25, 0.3) is 0 Å². The lowest BCUT2D eigenvalue weighted by Crippen LogP contribution is -2.52. The van der Waals surface area contributed by atoms with Gasteiger partial charge in [-0.05, 0) is 111 Å². The summed E-state index contributed by atoms with van der Waals surface area (Å²) in [5.74, 6) is -8.74. The van der Waals surface area contributed by atoms with Gasteiger partial charge in [-0.15, -0.1) is 0 Å². The van der Waals surface area contributed by atoms with Crippen molar-refractivity contribution in [1.29, 1.82) is 0 Å². The van der Waals surface area contributed by atoms with E-state index < -0.39 is 105 Å². The van der Waals surface area contributed by atoms with E-state index in [2.05, 4.69) is 34.6 Å². The summed E-state index contributed by atoms with van der Waals surface area (Å²) in [6, 6.07) is 0. The summed E-state index contributed by atoms with van der Waals surface area (Å²) < 4.78 is 77.4. The Balaban J connectivity index is 0.000000280. The van der Waals surface area contributed by atoms with Crippen molar-refractivity contribution in [1.82, 2.24) is 0 Å². The predicted molar refractivity (Wildman–Crippen MR) is 401 cm³/mol. The number of esters is 15. The minimum Gasteiger partial charge on any atom is -0.469 e. The molecule has 123 heavy (non-hydrogen) atoms. The lowest BCUT2D eigenvalue weighted by Gasteiger charge is -2.43. The van der Waals surface area contributed by atoms with Crippen molar-refractivity contribution in [3.8, 4) is 0 Å². The Morgan fingerprint density at radius 1 is 0.382 bits per heavy atom. The fourth-order valence-electron chi connectivity index (χ4n) is 22.4. The Hall–Kier alpha value is -11.5. The number of carbonyl (C=O) groups excluding carboxylic acids is 23. The highest BCUT2D eigenvalue weighted by Gasteiger charge is 2.80. The maximum absolute atomic E-state index is 13.3. The quantitative estimate of drug-likeness (QED) is 0.0454. The molecule has 8 aliphatic carbocycles. The third-order valence-corrected chi connectivity index (χ3v) is 26.6. The monoisotopic (exact) mass is 1740 g/mol. The van der Waals surface area contributed by atoms with Gasteiger partial charge in [0, 0.05) is 53.5 Å². The number of hydrogen-bond acceptors (Lipinski definition) is 38. The van der Waals surface area contributed by atoms with E-state index in [-0.39, 0.29) is 238 Å². The van der Waals surface area contributed by atoms with E-state index in [1.807, 2.05) is 69.2 Å². The number of carbonyl (C=O) groups is 15. The average molecular weight is 1740 g/mol. The second kappa shape index (κ2) is 44.5. The summed E-state index contributed by atoms with van der Waals surface area (Å²) in [5.41, 5.74) is -3.50. The summed E-state index contributed by atoms with van der Waals surface area (Å²) >= 11 is 0. The maximum Gasteiger partial charge on any atom is 0.373 e. The van der Waals surface area contributed by atoms with E-state index in [0.29, 0.717) is 5.57 Å². The molecular formula is C85H108O38. The Labute approximate surface area is 708 Å². The number of methoxy groups -OCH3 is 3. The van der Waals surface area contributed by atoms with E-state index in [1.54, 1.807) is 19.9 Å². The molecule has 0 aromatic heterocycles. The summed E-state index contributed by atoms with van der Waals surface area (Å²) in [6.45, 7) is 29.7. The third kappa shape index (κ3) is 20.1. The van der Waals surface area contributed by atoms with Crippen LogP contribution in [-0.4, -0.2) is 213 Å². The summed E-state index contributed by atoms with van der Waals surface area (Å²) in [6.07, 6.45) is 9.02. The van der Waals surface area contributed by atoms with Gasteiger partial charge in [0.1, 0.15) is 77.3 Å². The molecule has 24 atom stereocenters. The first kappa shape index (κ1) is 102. The second-order valence-electron chi connectivity index (χ2n) is 32.9. The van der Waals surface area contributed by atoms with Crippen LogP contribution in [0.15, 0.2) is 48.1 Å². The van der Waals surface area contributed by atoms with Gasteiger partial charge in [-0.25, -0.2) is 28.8 Å². The fraction of sp³-hybridized carbons (Fsp3) is 0.682. The minimum absolute atomic E-state index is 0.00444. The largest absolute Gasteiger partial charge is 0.469 e. The molecule has 0 amide bonds. The van der Waals surface area contributed by atoms with Crippen LogP contribution < -0.4 is 0 Å². The molecule has 12 fully saturated rings. The number of ether oxygens (including phenoxy) is 15. The van der Waals surface area contributed by atoms with Crippen LogP contribution in [0.2, 0.25) is 0 Å². The van der Waals surface area contributed by atoms with Crippen molar-refractivity contribution in [3.63, 3.8) is 0 Å². The maximum atomic E-state index is 13.3. The molecule has 4 saturated heterocycles. The van der Waals surface area contributed by atoms with Crippen molar-refractivity contribution in [2.45, 2.75) is 153 Å². The van der Waals surface area contributed by atoms with Gasteiger partial charge in [0.25, 0.3) is 0 Å². The van der Waals surface area contributed by atoms with Crippen LogP contribution in [0.4, 0.5) is 0 Å². The van der Waals surface area contributed by atoms with Crippen molar-refractivity contribution >= 4 is 114 Å². The summed E-state index contributed by atoms with van der Waals surface area (Å²) in [7, 11) is 3.47. The van der Waals surface area contributed by atoms with Crippen LogP contribution >= 0.6 is 0 Å². The highest BCUT2D eigenvalue weighted by molar-refractivity contribution is 6.00. The van der Waals surface area contributed by atoms with E-state index in [4.69, 9.17) is 95.2 Å². The van der Waals surface area contributed by atoms with Crippen LogP contribution in [0, 0.1) is 140 Å². The van der Waals surface area contributed by atoms with Gasteiger partial charge >= 0.3 is 114 Å². The lowest BCUT2D eigenvalue weighted by molar-refractivity contribution is -0.193. The van der Waals surface area contributed by atoms with Crippen molar-refractivity contribution < 1.29 is 181 Å². The highest BCUT2D eigenvalue weighted by atomic mass is 16.6. The second-order valence-corrected chi connectivity index (χ2v) is 32.9. The summed E-state index contributed by atoms with van der Waals surface area (Å²) in [4.78, 5) is 248. The van der Waals surface area contributed by atoms with Gasteiger partial charge in [-0.3, -0.25) is 43.2 Å². The molecule has 0 N–H and O–H groups in total. The number of fused-ring (bicyclic) bond motifs is 4. The predicted octanol–water partition coefficient (Wildman–Crippen LogP) is 4.38. The van der Waals surface area contributed by atoms with E-state index in [9.17, 15) is 71.9 Å². The molecule has 0 aromatic carbocycles. The molecule has 4 heterocycles. The topological polar surface area (TPSA) is 531 Å². The standard InChI is InChI=1S/C23H30O10.C20H26O8.2C19H26O6.4CO2/c1-11(2)23(15-10-14-18(23)21(27)33-19(14)12(15)3)22(28)32-7-6-31-20(26)13(8-16(24)29-4)9-17(25)30-5;1-10(2)20(13-9-12-16(20)18(23)28-17(12)11(13)3)19(24)27-8-7-26-15(22)6-5-14(21)25-4;1-9(2)16(20)23-6-7-24-18(22)19(10(3)4)13-8-12-14(19)17(21)25-15(12)11(13)5;1-5-6-14(20)23-7-8-24-18(22)19(10(2)3)13-9-12-15(19)17(21)25-16(12)11(13)4;4*2-1-3/h8,11-12,14-15,18-19H,6-7,9-10H2,1-5H3;5-6,10-13,16-17H,7-9H2,1-4H3;10-15H,1,6-8H2,2-5H3;5-6,10-13,15-16H,7-9H2,1-4H3;;;;/b13-8+;6-5+;;6-5+;;;;. The van der Waals surface area contributed by atoms with E-state index in [0.717, 1.165) is 58.1 Å². The molecule has 24 unspecified atom stereocenters. The molecule has 0 aromatic rings. The van der Waals surface area contributed by atoms with Gasteiger partial charge in [-0.1, -0.05) is 95.7 Å². The first-order valence-corrected chi connectivity index (χ1v) is 40.1. The Morgan fingerprint density at radius 3 is 0.870 bits per heavy atom. The van der Waals surface area contributed by atoms with Gasteiger partial charge in [-0.2, -0.15) is 38.4 Å². The van der Waals surface area contributed by atoms with Gasteiger partial charge in [0.15, 0.2) is 0 Å². The number of hydrogen-bond donors (Lipinski definition) is 0. The van der Waals surface area contributed by atoms with Crippen molar-refractivity contribution in [2.75, 3.05) is 74.2 Å². The molecule has 12 rings (SSSR count). The minimum atomic E-state index is -0.973. The lowest BCUT2D eigenvalue weighted by atomic mass is 9.58. The average Bonchev–Trinajstić information content (AvgIpc) is 1.54. The molecule has 0 spiro atoms. The van der Waals surface area contributed by atoms with Crippen LogP contribution in [-0.2, 0) is 181 Å². The molecule has 0 radical (unpaired) electrons. The van der Waals surface area contributed by atoms with E-state index in [1.165, 1.54) is 13.2 Å². The molecule has 38 nitrogen and oxygen atoms in total. The molecular weight excluding hydrogens is 1630 g/mol. The number of allylic oxidation sites excluding steroid dienone is 1. The molecule has 8 bridgehead atoms. The van der Waals surface area contributed by atoms with Crippen LogP contribution in [0.3, 0.4) is 0 Å². The molecule has 4 aliphatic heterocycles. The first-order valence-electron chi connectivity index (χ1n) is 40.1. The Bertz CT molecular complexity index is 4150. The van der Waals surface area contributed by atoms with Crippen LogP contribution in [0.5, 0.6) is 0 Å². The number of rotatable bonds is 28. The zero-order valence-corrected chi connectivity index (χ0v) is 71.7.